The van der Waals surface area contributed by atoms with E-state index < -0.39 is 0 Å². The van der Waals surface area contributed by atoms with Gasteiger partial charge in [-0.3, -0.25) is 0 Å². The lowest BCUT2D eigenvalue weighted by Gasteiger charge is -2.23. The Kier molecular flexibility index (Phi) is 2.91. The fourth-order valence-electron chi connectivity index (χ4n) is 2.72. The van der Waals surface area contributed by atoms with Crippen molar-refractivity contribution in [2.75, 3.05) is 6.61 Å². The SMILES string of the molecule is Cc1nc(-c2cc(C(C)(C)C)c3c(c2)C(C)(C)CO3)no1. The Balaban J connectivity index is 2.25. The van der Waals surface area contributed by atoms with E-state index in [9.17, 15) is 0 Å². The normalized spacial score (nSPS) is 16.7. The molecule has 4 nitrogen and oxygen atoms in total. The van der Waals surface area contributed by atoms with Crippen LogP contribution in [-0.2, 0) is 10.8 Å². The summed E-state index contributed by atoms with van der Waals surface area (Å²) in [5.41, 5.74) is 3.42. The first-order valence-electron chi connectivity index (χ1n) is 7.31. The number of hydrogen-bond donors (Lipinski definition) is 0. The number of benzene rings is 1. The van der Waals surface area contributed by atoms with E-state index >= 15 is 0 Å². The monoisotopic (exact) mass is 286 g/mol. The Morgan fingerprint density at radius 1 is 1.19 bits per heavy atom. The van der Waals surface area contributed by atoms with Crippen molar-refractivity contribution in [1.82, 2.24) is 10.1 Å². The summed E-state index contributed by atoms with van der Waals surface area (Å²) in [4.78, 5) is 4.36. The molecule has 2 aromatic rings. The molecule has 1 aliphatic rings. The molecule has 21 heavy (non-hydrogen) atoms. The third kappa shape index (κ3) is 2.33. The van der Waals surface area contributed by atoms with Crippen LogP contribution in [0.4, 0.5) is 0 Å². The van der Waals surface area contributed by atoms with Gasteiger partial charge in [0.2, 0.25) is 11.7 Å². The quantitative estimate of drug-likeness (QED) is 0.794. The van der Waals surface area contributed by atoms with Gasteiger partial charge in [0, 0.05) is 29.0 Å². The fraction of sp³-hybridized carbons (Fsp3) is 0.529. The van der Waals surface area contributed by atoms with Crippen LogP contribution in [-0.4, -0.2) is 16.7 Å². The lowest BCUT2D eigenvalue weighted by atomic mass is 9.79. The Bertz CT molecular complexity index is 693. The maximum absolute atomic E-state index is 6.00. The molecule has 0 saturated carbocycles. The second kappa shape index (κ2) is 4.33. The zero-order valence-electron chi connectivity index (χ0n) is 13.6. The van der Waals surface area contributed by atoms with Crippen LogP contribution >= 0.6 is 0 Å². The van der Waals surface area contributed by atoms with Crippen LogP contribution in [0.25, 0.3) is 11.4 Å². The highest BCUT2D eigenvalue weighted by Crippen LogP contribution is 2.46. The van der Waals surface area contributed by atoms with E-state index in [-0.39, 0.29) is 10.8 Å². The van der Waals surface area contributed by atoms with Crippen molar-refractivity contribution < 1.29 is 9.26 Å². The van der Waals surface area contributed by atoms with Gasteiger partial charge in [0.1, 0.15) is 5.75 Å². The molecule has 1 aromatic heterocycles. The number of fused-ring (bicyclic) bond motifs is 1. The summed E-state index contributed by atoms with van der Waals surface area (Å²) in [5, 5.41) is 4.06. The fourth-order valence-corrected chi connectivity index (χ4v) is 2.72. The molecule has 0 bridgehead atoms. The highest BCUT2D eigenvalue weighted by Gasteiger charge is 2.36. The molecule has 0 N–H and O–H groups in total. The van der Waals surface area contributed by atoms with Gasteiger partial charge in [0.25, 0.3) is 0 Å². The van der Waals surface area contributed by atoms with E-state index in [0.29, 0.717) is 18.3 Å². The van der Waals surface area contributed by atoms with Gasteiger partial charge in [-0.1, -0.05) is 39.8 Å². The Morgan fingerprint density at radius 3 is 2.48 bits per heavy atom. The highest BCUT2D eigenvalue weighted by molar-refractivity contribution is 5.65. The van der Waals surface area contributed by atoms with Crippen LogP contribution in [0.2, 0.25) is 0 Å². The molecular formula is C17H22N2O2. The maximum atomic E-state index is 6.00. The molecule has 0 radical (unpaired) electrons. The predicted molar refractivity (Wildman–Crippen MR) is 81.7 cm³/mol. The van der Waals surface area contributed by atoms with Gasteiger partial charge >= 0.3 is 0 Å². The minimum Gasteiger partial charge on any atom is -0.492 e. The molecular weight excluding hydrogens is 264 g/mol. The van der Waals surface area contributed by atoms with E-state index in [4.69, 9.17) is 9.26 Å². The second-order valence-corrected chi connectivity index (χ2v) is 7.46. The standard InChI is InChI=1S/C17H22N2O2/c1-10-18-15(19-21-10)11-7-12(16(2,3)4)14-13(8-11)17(5,6)9-20-14/h7-8H,9H2,1-6H3. The van der Waals surface area contributed by atoms with Gasteiger partial charge in [-0.15, -0.1) is 0 Å². The molecule has 0 fully saturated rings. The molecule has 0 spiro atoms. The first kappa shape index (κ1) is 14.1. The van der Waals surface area contributed by atoms with Crippen molar-refractivity contribution >= 4 is 0 Å². The minimum absolute atomic E-state index is 0.000701. The number of ether oxygens (including phenoxy) is 1. The first-order valence-corrected chi connectivity index (χ1v) is 7.31. The second-order valence-electron chi connectivity index (χ2n) is 7.46. The summed E-state index contributed by atoms with van der Waals surface area (Å²) >= 11 is 0. The molecule has 0 atom stereocenters. The zero-order chi connectivity index (χ0) is 15.4. The molecule has 0 amide bonds. The average Bonchev–Trinajstić information content (AvgIpc) is 2.92. The van der Waals surface area contributed by atoms with Crippen molar-refractivity contribution in [2.24, 2.45) is 0 Å². The zero-order valence-corrected chi connectivity index (χ0v) is 13.6. The van der Waals surface area contributed by atoms with Gasteiger partial charge in [0.15, 0.2) is 0 Å². The maximum Gasteiger partial charge on any atom is 0.223 e. The summed E-state index contributed by atoms with van der Waals surface area (Å²) in [5.74, 6) is 2.25. The largest absolute Gasteiger partial charge is 0.492 e. The minimum atomic E-state index is -0.000701. The molecule has 0 unspecified atom stereocenters. The van der Waals surface area contributed by atoms with Crippen molar-refractivity contribution in [2.45, 2.75) is 52.4 Å². The van der Waals surface area contributed by atoms with E-state index in [1.807, 2.05) is 6.92 Å². The molecule has 2 heterocycles. The molecule has 0 saturated heterocycles. The van der Waals surface area contributed by atoms with E-state index in [1.54, 1.807) is 0 Å². The van der Waals surface area contributed by atoms with Crippen molar-refractivity contribution in [3.05, 3.63) is 29.2 Å². The third-order valence-corrected chi connectivity index (χ3v) is 3.99. The summed E-state index contributed by atoms with van der Waals surface area (Å²) in [6, 6.07) is 4.27. The summed E-state index contributed by atoms with van der Waals surface area (Å²) in [6.07, 6.45) is 0. The van der Waals surface area contributed by atoms with Crippen molar-refractivity contribution in [3.8, 4) is 17.1 Å². The van der Waals surface area contributed by atoms with Crippen molar-refractivity contribution in [3.63, 3.8) is 0 Å². The van der Waals surface area contributed by atoms with E-state index in [2.05, 4.69) is 56.9 Å². The van der Waals surface area contributed by atoms with E-state index in [1.165, 1.54) is 11.1 Å². The number of nitrogens with zero attached hydrogens (tertiary/aromatic N) is 2. The highest BCUT2D eigenvalue weighted by atomic mass is 16.5. The number of hydrogen-bond acceptors (Lipinski definition) is 4. The van der Waals surface area contributed by atoms with Gasteiger partial charge in [-0.05, 0) is 17.5 Å². The lowest BCUT2D eigenvalue weighted by Crippen LogP contribution is -2.18. The van der Waals surface area contributed by atoms with Crippen LogP contribution in [0, 0.1) is 6.92 Å². The Hall–Kier alpha value is -1.84. The van der Waals surface area contributed by atoms with Gasteiger partial charge in [-0.25, -0.2) is 0 Å². The molecule has 4 heteroatoms. The van der Waals surface area contributed by atoms with Crippen LogP contribution in [0.3, 0.4) is 0 Å². The Labute approximate surface area is 125 Å². The topological polar surface area (TPSA) is 48.2 Å². The Morgan fingerprint density at radius 2 is 1.90 bits per heavy atom. The molecule has 3 rings (SSSR count). The predicted octanol–water partition coefficient (Wildman–Crippen LogP) is 4.01. The van der Waals surface area contributed by atoms with Gasteiger partial charge in [0.05, 0.1) is 6.61 Å². The van der Waals surface area contributed by atoms with Gasteiger partial charge < -0.3 is 9.26 Å². The number of aromatic nitrogens is 2. The molecule has 1 aromatic carbocycles. The van der Waals surface area contributed by atoms with E-state index in [0.717, 1.165) is 11.3 Å². The van der Waals surface area contributed by atoms with Gasteiger partial charge in [-0.2, -0.15) is 4.98 Å². The molecule has 0 aliphatic carbocycles. The summed E-state index contributed by atoms with van der Waals surface area (Å²) in [6.45, 7) is 13.5. The number of aryl methyl sites for hydroxylation is 1. The first-order chi connectivity index (χ1) is 9.68. The van der Waals surface area contributed by atoms with Crippen LogP contribution in [0.5, 0.6) is 5.75 Å². The van der Waals surface area contributed by atoms with Crippen molar-refractivity contribution in [1.29, 1.82) is 0 Å². The summed E-state index contributed by atoms with van der Waals surface area (Å²) in [7, 11) is 0. The third-order valence-electron chi connectivity index (χ3n) is 3.99. The van der Waals surface area contributed by atoms with Crippen LogP contribution < -0.4 is 4.74 Å². The van der Waals surface area contributed by atoms with Crippen LogP contribution in [0.1, 0.15) is 51.6 Å². The summed E-state index contributed by atoms with van der Waals surface area (Å²) < 4.78 is 11.1. The smallest absolute Gasteiger partial charge is 0.223 e. The molecule has 112 valence electrons. The average molecular weight is 286 g/mol. The van der Waals surface area contributed by atoms with Crippen LogP contribution in [0.15, 0.2) is 16.7 Å². The number of rotatable bonds is 1. The lowest BCUT2D eigenvalue weighted by molar-refractivity contribution is 0.286. The molecule has 1 aliphatic heterocycles.